The van der Waals surface area contributed by atoms with Gasteiger partial charge in [0.1, 0.15) is 0 Å². The van der Waals surface area contributed by atoms with Gasteiger partial charge in [-0.1, -0.05) is 12.1 Å². The minimum absolute atomic E-state index is 0.375. The van der Waals surface area contributed by atoms with Crippen molar-refractivity contribution in [1.82, 2.24) is 4.90 Å². The first-order valence-corrected chi connectivity index (χ1v) is 6.18. The van der Waals surface area contributed by atoms with E-state index in [1.807, 2.05) is 18.2 Å². The molecule has 1 fully saturated rings. The Kier molecular flexibility index (Phi) is 3.78. The van der Waals surface area contributed by atoms with E-state index in [1.165, 1.54) is 12.0 Å². The van der Waals surface area contributed by atoms with Crippen molar-refractivity contribution in [3.8, 4) is 6.07 Å². The molecule has 3 heteroatoms. The van der Waals surface area contributed by atoms with Crippen molar-refractivity contribution >= 4 is 0 Å². The van der Waals surface area contributed by atoms with Gasteiger partial charge in [-0.2, -0.15) is 5.26 Å². The molecule has 2 N–H and O–H groups in total. The Labute approximate surface area is 103 Å². The van der Waals surface area contributed by atoms with E-state index in [1.54, 1.807) is 0 Å². The molecule has 0 aromatic heterocycles. The van der Waals surface area contributed by atoms with Crippen LogP contribution in [0.2, 0.25) is 0 Å². The molecule has 1 aliphatic heterocycles. The zero-order valence-electron chi connectivity index (χ0n) is 10.3. The van der Waals surface area contributed by atoms with Crippen LogP contribution in [0, 0.1) is 17.2 Å². The normalized spacial score (nSPS) is 22.3. The number of likely N-dealkylation sites (tertiary alicyclic amines) is 1. The number of nitrogens with two attached hydrogens (primary N) is 1. The van der Waals surface area contributed by atoms with Crippen molar-refractivity contribution in [3.05, 3.63) is 35.4 Å². The van der Waals surface area contributed by atoms with Crippen LogP contribution in [-0.4, -0.2) is 24.5 Å². The zero-order valence-corrected chi connectivity index (χ0v) is 10.3. The summed E-state index contributed by atoms with van der Waals surface area (Å²) in [5, 5.41) is 8.91. The summed E-state index contributed by atoms with van der Waals surface area (Å²) in [6.07, 6.45) is 1.19. The second-order valence-corrected chi connectivity index (χ2v) is 4.80. The first-order chi connectivity index (χ1) is 8.24. The fourth-order valence-electron chi connectivity index (χ4n) is 2.49. The molecule has 1 aliphatic rings. The summed E-state index contributed by atoms with van der Waals surface area (Å²) in [5.41, 5.74) is 7.67. The standard InChI is InChI=1S/C14H19N3/c1-11(17-6-5-13(9-16)10-17)14-4-2-3-12(7-14)8-15/h2-4,7,11,13H,5-6,9-10,16H2,1H3. The Balaban J connectivity index is 2.09. The quantitative estimate of drug-likeness (QED) is 0.861. The van der Waals surface area contributed by atoms with Crippen LogP contribution in [0.5, 0.6) is 0 Å². The van der Waals surface area contributed by atoms with Gasteiger partial charge in [0.2, 0.25) is 0 Å². The molecular formula is C14H19N3. The summed E-state index contributed by atoms with van der Waals surface area (Å²) < 4.78 is 0. The monoisotopic (exact) mass is 229 g/mol. The van der Waals surface area contributed by atoms with Crippen LogP contribution in [0.3, 0.4) is 0 Å². The van der Waals surface area contributed by atoms with Crippen LogP contribution in [0.4, 0.5) is 0 Å². The lowest BCUT2D eigenvalue weighted by atomic mass is 10.0. The molecule has 90 valence electrons. The molecule has 17 heavy (non-hydrogen) atoms. The number of hydrogen-bond acceptors (Lipinski definition) is 3. The Morgan fingerprint density at radius 2 is 2.41 bits per heavy atom. The maximum atomic E-state index is 8.91. The molecule has 2 rings (SSSR count). The fraction of sp³-hybridized carbons (Fsp3) is 0.500. The van der Waals surface area contributed by atoms with Crippen molar-refractivity contribution in [2.75, 3.05) is 19.6 Å². The van der Waals surface area contributed by atoms with Gasteiger partial charge >= 0.3 is 0 Å². The van der Waals surface area contributed by atoms with Crippen LogP contribution >= 0.6 is 0 Å². The Hall–Kier alpha value is -1.37. The molecule has 0 bridgehead atoms. The lowest BCUT2D eigenvalue weighted by Gasteiger charge is -2.24. The van der Waals surface area contributed by atoms with Crippen molar-refractivity contribution in [2.45, 2.75) is 19.4 Å². The largest absolute Gasteiger partial charge is 0.330 e. The van der Waals surface area contributed by atoms with Gasteiger partial charge in [0, 0.05) is 12.6 Å². The lowest BCUT2D eigenvalue weighted by molar-refractivity contribution is 0.253. The van der Waals surface area contributed by atoms with Gasteiger partial charge in [0.15, 0.2) is 0 Å². The summed E-state index contributed by atoms with van der Waals surface area (Å²) in [4.78, 5) is 2.45. The maximum Gasteiger partial charge on any atom is 0.0991 e. The molecule has 1 aromatic carbocycles. The zero-order chi connectivity index (χ0) is 12.3. The number of benzene rings is 1. The summed E-state index contributed by atoms with van der Waals surface area (Å²) in [6.45, 7) is 5.17. The van der Waals surface area contributed by atoms with Gasteiger partial charge in [-0.25, -0.2) is 0 Å². The number of nitrogens with zero attached hydrogens (tertiary/aromatic N) is 2. The summed E-state index contributed by atoms with van der Waals surface area (Å²) in [5.74, 6) is 0.636. The average molecular weight is 229 g/mol. The van der Waals surface area contributed by atoms with E-state index in [0.29, 0.717) is 12.0 Å². The SMILES string of the molecule is CC(c1cccc(C#N)c1)N1CCC(CN)C1. The highest BCUT2D eigenvalue weighted by atomic mass is 15.2. The second kappa shape index (κ2) is 5.31. The topological polar surface area (TPSA) is 53.0 Å². The molecule has 1 aromatic rings. The van der Waals surface area contributed by atoms with Crippen molar-refractivity contribution in [2.24, 2.45) is 11.7 Å². The predicted octanol–water partition coefficient (Wildman–Crippen LogP) is 1.90. The van der Waals surface area contributed by atoms with E-state index in [0.717, 1.165) is 25.2 Å². The number of hydrogen-bond donors (Lipinski definition) is 1. The Morgan fingerprint density at radius 3 is 3.06 bits per heavy atom. The Bertz CT molecular complexity index is 422. The van der Waals surface area contributed by atoms with Gasteiger partial charge in [-0.15, -0.1) is 0 Å². The minimum Gasteiger partial charge on any atom is -0.330 e. The molecule has 0 saturated carbocycles. The maximum absolute atomic E-state index is 8.91. The highest BCUT2D eigenvalue weighted by Crippen LogP contribution is 2.27. The van der Waals surface area contributed by atoms with E-state index >= 15 is 0 Å². The van der Waals surface area contributed by atoms with Crippen LogP contribution in [0.1, 0.15) is 30.5 Å². The summed E-state index contributed by atoms with van der Waals surface area (Å²) in [7, 11) is 0. The van der Waals surface area contributed by atoms with Crippen LogP contribution in [-0.2, 0) is 0 Å². The van der Waals surface area contributed by atoms with Gasteiger partial charge in [0.25, 0.3) is 0 Å². The summed E-state index contributed by atoms with van der Waals surface area (Å²) >= 11 is 0. The van der Waals surface area contributed by atoms with Gasteiger partial charge in [-0.05, 0) is 50.0 Å². The van der Waals surface area contributed by atoms with E-state index in [9.17, 15) is 0 Å². The van der Waals surface area contributed by atoms with Gasteiger partial charge in [-0.3, -0.25) is 4.90 Å². The molecule has 1 heterocycles. The van der Waals surface area contributed by atoms with Crippen LogP contribution in [0.25, 0.3) is 0 Å². The highest BCUT2D eigenvalue weighted by Gasteiger charge is 2.25. The van der Waals surface area contributed by atoms with Crippen molar-refractivity contribution in [1.29, 1.82) is 5.26 Å². The highest BCUT2D eigenvalue weighted by molar-refractivity contribution is 5.34. The molecule has 0 amide bonds. The molecule has 2 unspecified atom stereocenters. The third kappa shape index (κ3) is 2.66. The van der Waals surface area contributed by atoms with Crippen molar-refractivity contribution < 1.29 is 0 Å². The minimum atomic E-state index is 0.375. The number of nitriles is 1. The van der Waals surface area contributed by atoms with Crippen LogP contribution in [0.15, 0.2) is 24.3 Å². The molecule has 3 nitrogen and oxygen atoms in total. The average Bonchev–Trinajstić information content (AvgIpc) is 2.86. The van der Waals surface area contributed by atoms with E-state index in [4.69, 9.17) is 11.0 Å². The molecule has 1 saturated heterocycles. The Morgan fingerprint density at radius 1 is 1.59 bits per heavy atom. The van der Waals surface area contributed by atoms with E-state index in [2.05, 4.69) is 24.0 Å². The smallest absolute Gasteiger partial charge is 0.0991 e. The van der Waals surface area contributed by atoms with Gasteiger partial charge < -0.3 is 5.73 Å². The van der Waals surface area contributed by atoms with Crippen LogP contribution < -0.4 is 5.73 Å². The van der Waals surface area contributed by atoms with Gasteiger partial charge in [0.05, 0.1) is 11.6 Å². The molecule has 0 spiro atoms. The third-order valence-electron chi connectivity index (χ3n) is 3.70. The number of rotatable bonds is 3. The molecule has 2 atom stereocenters. The molecule has 0 radical (unpaired) electrons. The third-order valence-corrected chi connectivity index (χ3v) is 3.70. The molecule has 0 aliphatic carbocycles. The first kappa shape index (κ1) is 12.1. The van der Waals surface area contributed by atoms with E-state index < -0.39 is 0 Å². The molecular weight excluding hydrogens is 210 g/mol. The predicted molar refractivity (Wildman–Crippen MR) is 68.3 cm³/mol. The van der Waals surface area contributed by atoms with E-state index in [-0.39, 0.29) is 0 Å². The van der Waals surface area contributed by atoms with Crippen molar-refractivity contribution in [3.63, 3.8) is 0 Å². The fourth-order valence-corrected chi connectivity index (χ4v) is 2.49. The second-order valence-electron chi connectivity index (χ2n) is 4.80. The lowest BCUT2D eigenvalue weighted by Crippen LogP contribution is -2.26. The first-order valence-electron chi connectivity index (χ1n) is 6.18. The summed E-state index contributed by atoms with van der Waals surface area (Å²) in [6, 6.07) is 10.5.